The Morgan fingerprint density at radius 3 is 2.18 bits per heavy atom. The van der Waals surface area contributed by atoms with Crippen LogP contribution in [-0.2, 0) is 14.2 Å². The summed E-state index contributed by atoms with van der Waals surface area (Å²) in [7, 11) is 4.90. The van der Waals surface area contributed by atoms with E-state index in [1.165, 1.54) is 0 Å². The summed E-state index contributed by atoms with van der Waals surface area (Å²) in [5, 5.41) is 4.84. The molecule has 0 radical (unpaired) electrons. The van der Waals surface area contributed by atoms with Gasteiger partial charge < -0.3 is 14.2 Å². The SMILES string of the molecule is COC[C@H](OC)[C@H](OC)c1nn(-c2ccccc2)c2nc3ccccc3nc12. The zero-order valence-corrected chi connectivity index (χ0v) is 16.1. The van der Waals surface area contributed by atoms with Crippen molar-refractivity contribution >= 4 is 22.2 Å². The van der Waals surface area contributed by atoms with E-state index in [0.717, 1.165) is 16.7 Å². The fourth-order valence-corrected chi connectivity index (χ4v) is 3.34. The molecule has 0 fully saturated rings. The van der Waals surface area contributed by atoms with Crippen LogP contribution in [0.3, 0.4) is 0 Å². The van der Waals surface area contributed by atoms with Crippen molar-refractivity contribution in [3.05, 3.63) is 60.3 Å². The Bertz CT molecular complexity index is 1080. The molecule has 2 aromatic carbocycles. The van der Waals surface area contributed by atoms with Gasteiger partial charge in [-0.25, -0.2) is 14.6 Å². The first-order valence-electron chi connectivity index (χ1n) is 9.02. The van der Waals surface area contributed by atoms with E-state index in [2.05, 4.69) is 0 Å². The van der Waals surface area contributed by atoms with E-state index in [1.54, 1.807) is 26.0 Å². The highest BCUT2D eigenvalue weighted by molar-refractivity contribution is 5.86. The van der Waals surface area contributed by atoms with E-state index in [4.69, 9.17) is 29.3 Å². The minimum absolute atomic E-state index is 0.328. The lowest BCUT2D eigenvalue weighted by Gasteiger charge is -2.22. The van der Waals surface area contributed by atoms with Gasteiger partial charge in [0.1, 0.15) is 23.4 Å². The first-order chi connectivity index (χ1) is 13.8. The van der Waals surface area contributed by atoms with Crippen LogP contribution in [0.1, 0.15) is 11.8 Å². The van der Waals surface area contributed by atoms with Crippen LogP contribution in [0.2, 0.25) is 0 Å². The smallest absolute Gasteiger partial charge is 0.182 e. The molecule has 0 aliphatic heterocycles. The number of hydrogen-bond donors (Lipinski definition) is 0. The van der Waals surface area contributed by atoms with Crippen molar-refractivity contribution in [3.8, 4) is 5.69 Å². The monoisotopic (exact) mass is 378 g/mol. The van der Waals surface area contributed by atoms with E-state index >= 15 is 0 Å². The number of aromatic nitrogens is 4. The van der Waals surface area contributed by atoms with E-state index in [-0.39, 0.29) is 6.10 Å². The molecule has 0 saturated carbocycles. The van der Waals surface area contributed by atoms with Crippen LogP contribution >= 0.6 is 0 Å². The minimum atomic E-state index is -0.451. The summed E-state index contributed by atoms with van der Waals surface area (Å²) in [6.45, 7) is 0.371. The second-order valence-electron chi connectivity index (χ2n) is 6.40. The van der Waals surface area contributed by atoms with E-state index in [0.29, 0.717) is 23.5 Å². The van der Waals surface area contributed by atoms with Crippen molar-refractivity contribution in [3.63, 3.8) is 0 Å². The number of fused-ring (bicyclic) bond motifs is 2. The van der Waals surface area contributed by atoms with Gasteiger partial charge in [0.05, 0.1) is 23.3 Å². The fraction of sp³-hybridized carbons (Fsp3) is 0.286. The molecule has 2 heterocycles. The molecule has 4 aromatic rings. The van der Waals surface area contributed by atoms with Gasteiger partial charge in [-0.2, -0.15) is 5.10 Å². The van der Waals surface area contributed by atoms with Gasteiger partial charge in [0.2, 0.25) is 0 Å². The zero-order chi connectivity index (χ0) is 19.5. The Morgan fingerprint density at radius 1 is 0.857 bits per heavy atom. The molecular formula is C21H22N4O3. The lowest BCUT2D eigenvalue weighted by atomic mass is 10.1. The summed E-state index contributed by atoms with van der Waals surface area (Å²) >= 11 is 0. The molecule has 0 unspecified atom stereocenters. The van der Waals surface area contributed by atoms with Gasteiger partial charge in [-0.1, -0.05) is 30.3 Å². The van der Waals surface area contributed by atoms with E-state index < -0.39 is 6.10 Å². The normalized spacial score (nSPS) is 13.8. The standard InChI is InChI=1S/C21H22N4O3/c1-26-13-17(27-2)20(28-3)18-19-21(23-16-12-8-7-11-15(16)22-19)25(24-18)14-9-5-4-6-10-14/h4-12,17,20H,13H2,1-3H3/t17-,20-/m0/s1. The van der Waals surface area contributed by atoms with Crippen molar-refractivity contribution in [2.45, 2.75) is 12.2 Å². The van der Waals surface area contributed by atoms with Crippen molar-refractivity contribution < 1.29 is 14.2 Å². The summed E-state index contributed by atoms with van der Waals surface area (Å²) in [4.78, 5) is 9.68. The van der Waals surface area contributed by atoms with Crippen molar-refractivity contribution in [2.24, 2.45) is 0 Å². The maximum atomic E-state index is 5.76. The number of hydrogen-bond acceptors (Lipinski definition) is 6. The first kappa shape index (κ1) is 18.5. The Balaban J connectivity index is 1.98. The largest absolute Gasteiger partial charge is 0.382 e. The minimum Gasteiger partial charge on any atom is -0.382 e. The molecule has 0 saturated heterocycles. The number of rotatable bonds is 7. The molecule has 28 heavy (non-hydrogen) atoms. The summed E-state index contributed by atoms with van der Waals surface area (Å²) in [6, 6.07) is 17.6. The van der Waals surface area contributed by atoms with E-state index in [9.17, 15) is 0 Å². The van der Waals surface area contributed by atoms with Gasteiger partial charge in [-0.05, 0) is 24.3 Å². The van der Waals surface area contributed by atoms with Gasteiger partial charge in [-0.3, -0.25) is 0 Å². The van der Waals surface area contributed by atoms with Crippen LogP contribution < -0.4 is 0 Å². The molecular weight excluding hydrogens is 356 g/mol. The third-order valence-corrected chi connectivity index (χ3v) is 4.70. The second kappa shape index (κ2) is 8.02. The third-order valence-electron chi connectivity index (χ3n) is 4.70. The van der Waals surface area contributed by atoms with Crippen LogP contribution in [0, 0.1) is 0 Å². The van der Waals surface area contributed by atoms with Crippen molar-refractivity contribution in [1.29, 1.82) is 0 Å². The molecule has 0 spiro atoms. The lowest BCUT2D eigenvalue weighted by molar-refractivity contribution is -0.0708. The van der Waals surface area contributed by atoms with Crippen LogP contribution in [0.4, 0.5) is 0 Å². The quantitative estimate of drug-likeness (QED) is 0.491. The molecule has 0 bridgehead atoms. The van der Waals surface area contributed by atoms with Crippen molar-refractivity contribution in [1.82, 2.24) is 19.7 Å². The predicted octanol–water partition coefficient (Wildman–Crippen LogP) is 3.32. The molecule has 7 heteroatoms. The lowest BCUT2D eigenvalue weighted by Crippen LogP contribution is -2.28. The number of benzene rings is 2. The van der Waals surface area contributed by atoms with Crippen LogP contribution in [0.5, 0.6) is 0 Å². The Morgan fingerprint density at radius 2 is 1.54 bits per heavy atom. The second-order valence-corrected chi connectivity index (χ2v) is 6.40. The van der Waals surface area contributed by atoms with Gasteiger partial charge in [0.15, 0.2) is 5.65 Å². The fourth-order valence-electron chi connectivity index (χ4n) is 3.34. The highest BCUT2D eigenvalue weighted by Gasteiger charge is 2.30. The summed E-state index contributed by atoms with van der Waals surface area (Å²) < 4.78 is 18.5. The molecule has 0 N–H and O–H groups in total. The number of nitrogens with zero attached hydrogens (tertiary/aromatic N) is 4. The van der Waals surface area contributed by atoms with Gasteiger partial charge in [-0.15, -0.1) is 0 Å². The molecule has 4 rings (SSSR count). The van der Waals surface area contributed by atoms with Crippen molar-refractivity contribution in [2.75, 3.05) is 27.9 Å². The van der Waals surface area contributed by atoms with Crippen LogP contribution in [-0.4, -0.2) is 53.8 Å². The van der Waals surface area contributed by atoms with Crippen LogP contribution in [0.25, 0.3) is 27.9 Å². The Kier molecular flexibility index (Phi) is 5.29. The van der Waals surface area contributed by atoms with Gasteiger partial charge in [0.25, 0.3) is 0 Å². The first-order valence-corrected chi connectivity index (χ1v) is 9.02. The Labute approximate surface area is 162 Å². The number of ether oxygens (including phenoxy) is 3. The number of methoxy groups -OCH3 is 3. The molecule has 2 atom stereocenters. The van der Waals surface area contributed by atoms with E-state index in [1.807, 2.05) is 54.6 Å². The maximum Gasteiger partial charge on any atom is 0.182 e. The molecule has 0 aliphatic rings. The molecule has 2 aromatic heterocycles. The summed E-state index contributed by atoms with van der Waals surface area (Å²) in [6.07, 6.45) is -0.779. The number of para-hydroxylation sites is 3. The predicted molar refractivity (Wildman–Crippen MR) is 107 cm³/mol. The highest BCUT2D eigenvalue weighted by atomic mass is 16.6. The highest BCUT2D eigenvalue weighted by Crippen LogP contribution is 2.30. The van der Waals surface area contributed by atoms with Gasteiger partial charge >= 0.3 is 0 Å². The molecule has 0 aliphatic carbocycles. The average Bonchev–Trinajstić information content (AvgIpc) is 3.11. The molecule has 0 amide bonds. The van der Waals surface area contributed by atoms with Gasteiger partial charge in [0, 0.05) is 21.3 Å². The topological polar surface area (TPSA) is 71.3 Å². The third kappa shape index (κ3) is 3.24. The maximum absolute atomic E-state index is 5.76. The molecule has 144 valence electrons. The Hall–Kier alpha value is -2.87. The summed E-state index contributed by atoms with van der Waals surface area (Å²) in [5.74, 6) is 0. The molecule has 7 nitrogen and oxygen atoms in total. The zero-order valence-electron chi connectivity index (χ0n) is 16.1. The van der Waals surface area contributed by atoms with Crippen LogP contribution in [0.15, 0.2) is 54.6 Å². The average molecular weight is 378 g/mol. The summed E-state index contributed by atoms with van der Waals surface area (Å²) in [5.41, 5.74) is 4.55.